The van der Waals surface area contributed by atoms with Crippen molar-refractivity contribution in [3.63, 3.8) is 0 Å². The highest BCUT2D eigenvalue weighted by Crippen LogP contribution is 2.22. The van der Waals surface area contributed by atoms with Crippen LogP contribution in [0.5, 0.6) is 0 Å². The van der Waals surface area contributed by atoms with Crippen molar-refractivity contribution in [2.45, 2.75) is 12.8 Å². The molecule has 0 bridgehead atoms. The van der Waals surface area contributed by atoms with Crippen molar-refractivity contribution < 1.29 is 11.9 Å². The van der Waals surface area contributed by atoms with Gasteiger partial charge in [-0.25, -0.2) is 19.3 Å². The van der Waals surface area contributed by atoms with E-state index in [2.05, 4.69) is 15.0 Å². The van der Waals surface area contributed by atoms with E-state index in [0.29, 0.717) is 5.52 Å². The van der Waals surface area contributed by atoms with Crippen molar-refractivity contribution in [3.05, 3.63) is 78.4 Å². The first kappa shape index (κ1) is 14.7. The molecular weight excluding hydrogens is 343 g/mol. The number of nitrogens with zero attached hydrogens (tertiary/aromatic N) is 4. The summed E-state index contributed by atoms with van der Waals surface area (Å²) in [5.41, 5.74) is 2.61. The maximum absolute atomic E-state index is 13.1. The van der Waals surface area contributed by atoms with E-state index < -0.39 is 18.0 Å². The minimum Gasteiger partial charge on any atom is -0.334 e. The maximum atomic E-state index is 13.1. The second-order valence-corrected chi connectivity index (χ2v) is 6.18. The fourth-order valence-corrected chi connectivity index (χ4v) is 2.82. The van der Waals surface area contributed by atoms with Gasteiger partial charge in [-0.3, -0.25) is 4.79 Å². The van der Waals surface area contributed by atoms with Gasteiger partial charge in [0.25, 0.3) is 0 Å². The van der Waals surface area contributed by atoms with E-state index in [-0.39, 0.29) is 17.8 Å². The Labute approximate surface area is 158 Å². The summed E-state index contributed by atoms with van der Waals surface area (Å²) in [5.74, 6) is -0.944. The zero-order valence-electron chi connectivity index (χ0n) is 16.6. The Bertz CT molecular complexity index is 1210. The Kier molecular flexibility index (Phi) is 3.86. The number of carbonyl (C=O) groups excluding carboxylic acids is 1. The van der Waals surface area contributed by atoms with Crippen molar-refractivity contribution in [1.29, 1.82) is 0 Å². The lowest BCUT2D eigenvalue weighted by atomic mass is 10.1. The van der Waals surface area contributed by atoms with Gasteiger partial charge in [-0.1, -0.05) is 24.3 Å². The summed E-state index contributed by atoms with van der Waals surface area (Å²) in [4.78, 5) is 25.4. The molecule has 0 spiro atoms. The molecule has 0 aliphatic carbocycles. The molecule has 0 saturated heterocycles. The molecule has 27 heavy (non-hydrogen) atoms. The fourth-order valence-electron chi connectivity index (χ4n) is 2.82. The van der Waals surface area contributed by atoms with Crippen LogP contribution in [-0.2, 0) is 24.6 Å². The normalized spacial score (nSPS) is 12.7. The number of halogens is 1. The van der Waals surface area contributed by atoms with Crippen LogP contribution in [0.3, 0.4) is 0 Å². The number of ketones is 1. The number of Topliss-reactive ketones (excluding diaryl/α,β-unsaturated/α-hetero) is 1. The smallest absolute Gasteiger partial charge is 0.144 e. The van der Waals surface area contributed by atoms with Gasteiger partial charge in [-0.15, -0.1) is 0 Å². The third-order valence-corrected chi connectivity index (χ3v) is 4.19. The van der Waals surface area contributed by atoms with Gasteiger partial charge in [0.1, 0.15) is 17.4 Å². The van der Waals surface area contributed by atoms with Crippen LogP contribution in [0, 0.1) is 5.82 Å². The number of hydrogen-bond donors (Lipinski definition) is 0. The largest absolute Gasteiger partial charge is 0.334 e. The van der Waals surface area contributed by atoms with Crippen LogP contribution in [0.25, 0.3) is 22.2 Å². The van der Waals surface area contributed by atoms with Gasteiger partial charge in [0.15, 0.2) is 0 Å². The van der Waals surface area contributed by atoms with E-state index in [9.17, 15) is 9.18 Å². The first-order chi connectivity index (χ1) is 13.8. The molecule has 0 amide bonds. The van der Waals surface area contributed by atoms with Crippen molar-refractivity contribution in [3.8, 4) is 11.3 Å². The number of aromatic nitrogens is 4. The zero-order chi connectivity index (χ0) is 20.6. The van der Waals surface area contributed by atoms with E-state index in [1.165, 1.54) is 12.1 Å². The second-order valence-electron chi connectivity index (χ2n) is 6.18. The molecule has 0 unspecified atom stereocenters. The number of hydrogen-bond acceptors (Lipinski definition) is 4. The molecule has 0 aliphatic heterocycles. The standard InChI is InChI=1S/C21H17FN4O/c1-26-13-23-12-20(26)15-4-5-16-11-24-21(25-19(16)9-15)10-18(27)8-14-2-6-17(22)7-3-14/h2-7,9,11-13H,8,10H2,1H3/i8D2. The Morgan fingerprint density at radius 1 is 1.19 bits per heavy atom. The number of rotatable bonds is 5. The zero-order valence-corrected chi connectivity index (χ0v) is 14.6. The molecule has 2 aromatic carbocycles. The summed E-state index contributed by atoms with van der Waals surface area (Å²) in [7, 11) is 1.90. The quantitative estimate of drug-likeness (QED) is 0.545. The molecule has 0 atom stereocenters. The Hall–Kier alpha value is -3.41. The number of imidazole rings is 1. The summed E-state index contributed by atoms with van der Waals surface area (Å²) in [6.07, 6.45) is 2.55. The molecule has 0 aliphatic rings. The predicted molar refractivity (Wildman–Crippen MR) is 101 cm³/mol. The van der Waals surface area contributed by atoms with E-state index in [0.717, 1.165) is 28.8 Å². The second kappa shape index (κ2) is 7.07. The number of aryl methyl sites for hydroxylation is 1. The van der Waals surface area contributed by atoms with E-state index in [1.807, 2.05) is 29.8 Å². The maximum Gasteiger partial charge on any atom is 0.144 e. The van der Waals surface area contributed by atoms with Crippen molar-refractivity contribution >= 4 is 16.7 Å². The van der Waals surface area contributed by atoms with E-state index in [4.69, 9.17) is 2.74 Å². The highest BCUT2D eigenvalue weighted by Gasteiger charge is 2.10. The van der Waals surface area contributed by atoms with Gasteiger partial charge in [0, 0.05) is 33.3 Å². The molecule has 4 aromatic rings. The van der Waals surface area contributed by atoms with Gasteiger partial charge in [-0.2, -0.15) is 0 Å². The molecule has 4 rings (SSSR count). The SMILES string of the molecule is [2H]C([2H])(C(=O)Cc1ncc2ccc(-c3cncn3C)cc2n1)c1ccc(F)cc1. The summed E-state index contributed by atoms with van der Waals surface area (Å²) in [6, 6.07) is 10.5. The molecule has 0 N–H and O–H groups in total. The van der Waals surface area contributed by atoms with Gasteiger partial charge >= 0.3 is 0 Å². The third kappa shape index (κ3) is 3.74. The first-order valence-corrected chi connectivity index (χ1v) is 8.36. The summed E-state index contributed by atoms with van der Waals surface area (Å²) >= 11 is 0. The molecule has 134 valence electrons. The molecule has 0 radical (unpaired) electrons. The van der Waals surface area contributed by atoms with Crippen LogP contribution in [0.1, 0.15) is 14.1 Å². The van der Waals surface area contributed by atoms with E-state index >= 15 is 0 Å². The van der Waals surface area contributed by atoms with Gasteiger partial charge in [0.05, 0.1) is 30.2 Å². The van der Waals surface area contributed by atoms with Crippen LogP contribution in [0.15, 0.2) is 61.2 Å². The Morgan fingerprint density at radius 2 is 2.00 bits per heavy atom. The minimum atomic E-state index is -2.26. The average molecular weight is 362 g/mol. The molecule has 0 fully saturated rings. The average Bonchev–Trinajstić information content (AvgIpc) is 3.13. The van der Waals surface area contributed by atoms with Crippen molar-refractivity contribution in [2.24, 2.45) is 7.05 Å². The topological polar surface area (TPSA) is 60.7 Å². The minimum absolute atomic E-state index is 0.100. The Balaban J connectivity index is 1.63. The van der Waals surface area contributed by atoms with Crippen LogP contribution in [0.2, 0.25) is 0 Å². The summed E-state index contributed by atoms with van der Waals surface area (Å²) in [5, 5.41) is 0.814. The molecule has 2 heterocycles. The van der Waals surface area contributed by atoms with E-state index in [1.54, 1.807) is 18.7 Å². The fraction of sp³-hybridized carbons (Fsp3) is 0.143. The van der Waals surface area contributed by atoms with Gasteiger partial charge < -0.3 is 4.57 Å². The van der Waals surface area contributed by atoms with Crippen molar-refractivity contribution in [1.82, 2.24) is 19.5 Å². The van der Waals surface area contributed by atoms with Crippen LogP contribution < -0.4 is 0 Å². The van der Waals surface area contributed by atoms with Gasteiger partial charge in [-0.05, 0) is 23.8 Å². The van der Waals surface area contributed by atoms with Gasteiger partial charge in [0.2, 0.25) is 0 Å². The third-order valence-electron chi connectivity index (χ3n) is 4.19. The number of benzene rings is 2. The highest BCUT2D eigenvalue weighted by molar-refractivity contribution is 5.85. The van der Waals surface area contributed by atoms with Crippen LogP contribution in [0.4, 0.5) is 4.39 Å². The van der Waals surface area contributed by atoms with Crippen molar-refractivity contribution in [2.75, 3.05) is 0 Å². The summed E-state index contributed by atoms with van der Waals surface area (Å²) < 4.78 is 31.3. The lowest BCUT2D eigenvalue weighted by molar-refractivity contribution is -0.117. The molecule has 6 heteroatoms. The molecule has 5 nitrogen and oxygen atoms in total. The predicted octanol–water partition coefficient (Wildman–Crippen LogP) is 3.52. The lowest BCUT2D eigenvalue weighted by Crippen LogP contribution is -2.09. The Morgan fingerprint density at radius 3 is 2.74 bits per heavy atom. The number of carbonyl (C=O) groups is 1. The monoisotopic (exact) mass is 362 g/mol. The first-order valence-electron chi connectivity index (χ1n) is 9.36. The lowest BCUT2D eigenvalue weighted by Gasteiger charge is -2.06. The van der Waals surface area contributed by atoms with Crippen LogP contribution in [-0.4, -0.2) is 25.3 Å². The molecule has 0 saturated carbocycles. The molecule has 2 aromatic heterocycles. The highest BCUT2D eigenvalue weighted by atomic mass is 19.1. The van der Waals surface area contributed by atoms with Crippen LogP contribution >= 0.6 is 0 Å². The molecular formula is C21H17FN4O. The number of fused-ring (bicyclic) bond motifs is 1. The summed E-state index contributed by atoms with van der Waals surface area (Å²) in [6.45, 7) is 0.